The Morgan fingerprint density at radius 1 is 1.15 bits per heavy atom. The Morgan fingerprint density at radius 2 is 1.85 bits per heavy atom. The molecule has 0 saturated heterocycles. The van der Waals surface area contributed by atoms with E-state index in [0.717, 1.165) is 5.56 Å². The van der Waals surface area contributed by atoms with Gasteiger partial charge in [0.15, 0.2) is 6.10 Å². The molecule has 0 aromatic heterocycles. The van der Waals surface area contributed by atoms with Crippen LogP contribution in [0.1, 0.15) is 23.6 Å². The van der Waals surface area contributed by atoms with Gasteiger partial charge in [-0.2, -0.15) is 10.5 Å². The van der Waals surface area contributed by atoms with E-state index in [9.17, 15) is 14.9 Å². The second kappa shape index (κ2) is 8.98. The van der Waals surface area contributed by atoms with E-state index in [1.807, 2.05) is 25.1 Å². The van der Waals surface area contributed by atoms with Crippen LogP contribution in [0.25, 0.3) is 6.08 Å². The summed E-state index contributed by atoms with van der Waals surface area (Å²) < 4.78 is 5.08. The first kappa shape index (κ1) is 19.4. The molecule has 27 heavy (non-hydrogen) atoms. The first-order chi connectivity index (χ1) is 12.9. The first-order valence-corrected chi connectivity index (χ1v) is 8.13. The van der Waals surface area contributed by atoms with Gasteiger partial charge in [0, 0.05) is 5.69 Å². The summed E-state index contributed by atoms with van der Waals surface area (Å²) in [5, 5.41) is 20.7. The number of carbonyl (C=O) groups excluding carboxylic acids is 2. The van der Waals surface area contributed by atoms with E-state index in [0.29, 0.717) is 16.8 Å². The monoisotopic (exact) mass is 359 g/mol. The Kier molecular flexibility index (Phi) is 6.46. The molecule has 1 N–H and O–H groups in total. The van der Waals surface area contributed by atoms with Crippen molar-refractivity contribution >= 4 is 23.6 Å². The molecule has 6 nitrogen and oxygen atoms in total. The van der Waals surface area contributed by atoms with Crippen molar-refractivity contribution in [2.75, 3.05) is 5.32 Å². The molecule has 0 radical (unpaired) electrons. The molecule has 0 heterocycles. The molecule has 0 aliphatic carbocycles. The summed E-state index contributed by atoms with van der Waals surface area (Å²) >= 11 is 0. The first-order valence-electron chi connectivity index (χ1n) is 8.13. The molecule has 0 unspecified atom stereocenters. The Balaban J connectivity index is 2.04. The van der Waals surface area contributed by atoms with E-state index in [1.165, 1.54) is 19.1 Å². The summed E-state index contributed by atoms with van der Waals surface area (Å²) in [6.45, 7) is 3.34. The van der Waals surface area contributed by atoms with Crippen LogP contribution in [-0.2, 0) is 14.3 Å². The molecule has 1 amide bonds. The predicted octanol–water partition coefficient (Wildman–Crippen LogP) is 3.34. The fourth-order valence-corrected chi connectivity index (χ4v) is 2.15. The molecule has 0 spiro atoms. The maximum Gasteiger partial charge on any atom is 0.349 e. The highest BCUT2D eigenvalue weighted by molar-refractivity contribution is 6.01. The molecule has 2 aromatic carbocycles. The van der Waals surface area contributed by atoms with Crippen LogP contribution in [0.4, 0.5) is 5.69 Å². The van der Waals surface area contributed by atoms with Crippen molar-refractivity contribution in [2.24, 2.45) is 0 Å². The molecule has 2 aromatic rings. The summed E-state index contributed by atoms with van der Waals surface area (Å²) in [6, 6.07) is 17.4. The summed E-state index contributed by atoms with van der Waals surface area (Å²) in [5.41, 5.74) is 2.34. The minimum atomic E-state index is -1.11. The van der Waals surface area contributed by atoms with Gasteiger partial charge < -0.3 is 10.1 Å². The number of aryl methyl sites for hydroxylation is 1. The van der Waals surface area contributed by atoms with Crippen LogP contribution in [0, 0.1) is 29.6 Å². The number of hydrogen-bond donors (Lipinski definition) is 1. The second-order valence-electron chi connectivity index (χ2n) is 5.81. The normalized spacial score (nSPS) is 11.6. The van der Waals surface area contributed by atoms with Gasteiger partial charge in [0.1, 0.15) is 11.6 Å². The molecule has 6 heteroatoms. The van der Waals surface area contributed by atoms with Gasteiger partial charge in [0.05, 0.1) is 11.6 Å². The lowest BCUT2D eigenvalue weighted by Gasteiger charge is -2.13. The Bertz CT molecular complexity index is 963. The van der Waals surface area contributed by atoms with Crippen LogP contribution in [0.5, 0.6) is 0 Å². The highest BCUT2D eigenvalue weighted by Crippen LogP contribution is 2.13. The Morgan fingerprint density at radius 3 is 2.48 bits per heavy atom. The number of nitrogens with one attached hydrogen (secondary N) is 1. The zero-order valence-corrected chi connectivity index (χ0v) is 14.9. The van der Waals surface area contributed by atoms with Gasteiger partial charge in [-0.15, -0.1) is 0 Å². The number of amides is 1. The standard InChI is InChI=1S/C21H17N3O3/c1-14-6-8-16(9-7-14)10-18(13-23)21(26)27-15(2)20(25)24-19-5-3-4-17(11-19)12-22/h3-11,15H,1-2H3,(H,24,25)/b18-10+/t15-/m0/s1. The molecular weight excluding hydrogens is 342 g/mol. The van der Waals surface area contributed by atoms with Crippen molar-refractivity contribution < 1.29 is 14.3 Å². The third kappa shape index (κ3) is 5.55. The van der Waals surface area contributed by atoms with Crippen molar-refractivity contribution in [1.82, 2.24) is 0 Å². The molecule has 2 rings (SSSR count). The minimum absolute atomic E-state index is 0.204. The van der Waals surface area contributed by atoms with Gasteiger partial charge in [-0.05, 0) is 43.7 Å². The quantitative estimate of drug-likeness (QED) is 0.501. The molecule has 0 bridgehead atoms. The van der Waals surface area contributed by atoms with E-state index < -0.39 is 18.0 Å². The van der Waals surface area contributed by atoms with Crippen LogP contribution in [0.15, 0.2) is 54.1 Å². The number of rotatable bonds is 5. The highest BCUT2D eigenvalue weighted by atomic mass is 16.5. The lowest BCUT2D eigenvalue weighted by Crippen LogP contribution is -2.30. The van der Waals surface area contributed by atoms with Crippen molar-refractivity contribution in [2.45, 2.75) is 20.0 Å². The van der Waals surface area contributed by atoms with Crippen LogP contribution in [0.3, 0.4) is 0 Å². The van der Waals surface area contributed by atoms with Crippen molar-refractivity contribution in [1.29, 1.82) is 10.5 Å². The number of esters is 1. The van der Waals surface area contributed by atoms with Crippen LogP contribution in [-0.4, -0.2) is 18.0 Å². The van der Waals surface area contributed by atoms with E-state index in [2.05, 4.69) is 5.32 Å². The Hall–Kier alpha value is -3.90. The van der Waals surface area contributed by atoms with Crippen LogP contribution < -0.4 is 5.32 Å². The van der Waals surface area contributed by atoms with E-state index in [-0.39, 0.29) is 5.57 Å². The largest absolute Gasteiger partial charge is 0.448 e. The van der Waals surface area contributed by atoms with Crippen LogP contribution in [0.2, 0.25) is 0 Å². The van der Waals surface area contributed by atoms with Gasteiger partial charge in [-0.1, -0.05) is 35.9 Å². The molecule has 0 aliphatic rings. The fraction of sp³-hybridized carbons (Fsp3) is 0.143. The molecular formula is C21H17N3O3. The smallest absolute Gasteiger partial charge is 0.349 e. The van der Waals surface area contributed by atoms with Gasteiger partial charge in [0.2, 0.25) is 0 Å². The SMILES string of the molecule is Cc1ccc(/C=C(\C#N)C(=O)O[C@@H](C)C(=O)Nc2cccc(C#N)c2)cc1. The maximum atomic E-state index is 12.2. The van der Waals surface area contributed by atoms with Crippen molar-refractivity contribution in [3.63, 3.8) is 0 Å². The third-order valence-electron chi connectivity index (χ3n) is 3.64. The van der Waals surface area contributed by atoms with Crippen LogP contribution >= 0.6 is 0 Å². The number of hydrogen-bond acceptors (Lipinski definition) is 5. The maximum absolute atomic E-state index is 12.2. The Labute approximate surface area is 157 Å². The summed E-state index contributed by atoms with van der Waals surface area (Å²) in [7, 11) is 0. The van der Waals surface area contributed by atoms with E-state index in [4.69, 9.17) is 10.00 Å². The average Bonchev–Trinajstić information content (AvgIpc) is 2.67. The average molecular weight is 359 g/mol. The van der Waals surface area contributed by atoms with Gasteiger partial charge in [0.25, 0.3) is 5.91 Å². The molecule has 1 atom stereocenters. The number of carbonyl (C=O) groups is 2. The number of benzene rings is 2. The van der Waals surface area contributed by atoms with Crippen molar-refractivity contribution in [3.05, 3.63) is 70.8 Å². The topological polar surface area (TPSA) is 103 Å². The molecule has 0 aliphatic heterocycles. The number of ether oxygens (including phenoxy) is 1. The number of nitrogens with zero attached hydrogens (tertiary/aromatic N) is 2. The number of anilines is 1. The zero-order chi connectivity index (χ0) is 19.8. The third-order valence-corrected chi connectivity index (χ3v) is 3.64. The summed E-state index contributed by atoms with van der Waals surface area (Å²) in [5.74, 6) is -1.45. The van der Waals surface area contributed by atoms with Gasteiger partial charge in [-0.25, -0.2) is 4.79 Å². The summed E-state index contributed by atoms with van der Waals surface area (Å²) in [4.78, 5) is 24.4. The lowest BCUT2D eigenvalue weighted by atomic mass is 10.1. The van der Waals surface area contributed by atoms with Gasteiger partial charge in [-0.3, -0.25) is 4.79 Å². The van der Waals surface area contributed by atoms with Crippen molar-refractivity contribution in [3.8, 4) is 12.1 Å². The molecule has 134 valence electrons. The molecule has 0 saturated carbocycles. The van der Waals surface area contributed by atoms with E-state index in [1.54, 1.807) is 36.4 Å². The van der Waals surface area contributed by atoms with E-state index >= 15 is 0 Å². The van der Waals surface area contributed by atoms with Gasteiger partial charge >= 0.3 is 5.97 Å². The minimum Gasteiger partial charge on any atom is -0.448 e. The zero-order valence-electron chi connectivity index (χ0n) is 14.9. The number of nitriles is 2. The molecule has 0 fully saturated rings. The summed E-state index contributed by atoms with van der Waals surface area (Å²) in [6.07, 6.45) is 0.293. The fourth-order valence-electron chi connectivity index (χ4n) is 2.15. The predicted molar refractivity (Wildman–Crippen MR) is 100 cm³/mol. The second-order valence-corrected chi connectivity index (χ2v) is 5.81. The highest BCUT2D eigenvalue weighted by Gasteiger charge is 2.20. The lowest BCUT2D eigenvalue weighted by molar-refractivity contribution is -0.148.